The molecule has 1 fully saturated rings. The summed E-state index contributed by atoms with van der Waals surface area (Å²) >= 11 is 1.69. The van der Waals surface area contributed by atoms with Gasteiger partial charge in [-0.1, -0.05) is 55.7 Å². The molecule has 0 radical (unpaired) electrons. The van der Waals surface area contributed by atoms with Crippen molar-refractivity contribution in [3.63, 3.8) is 0 Å². The Hall–Kier alpha value is -1.98. The number of carbonyl (C=O) groups is 1. The topological polar surface area (TPSA) is 59.2 Å². The molecule has 1 aromatic heterocycles. The number of carbonyl (C=O) groups excluding carboxylic acids is 1. The molecule has 0 spiro atoms. The van der Waals surface area contributed by atoms with Crippen LogP contribution in [-0.2, 0) is 17.6 Å². The van der Waals surface area contributed by atoms with Crippen molar-refractivity contribution in [1.82, 2.24) is 9.88 Å². The number of aryl methyl sites for hydroxylation is 2. The van der Waals surface area contributed by atoms with Crippen molar-refractivity contribution in [2.75, 3.05) is 18.8 Å². The van der Waals surface area contributed by atoms with Crippen LogP contribution in [0.4, 0.5) is 5.13 Å². The smallest absolute Gasteiger partial charge is 0.180 e. The van der Waals surface area contributed by atoms with Gasteiger partial charge in [-0.25, -0.2) is 4.98 Å². The van der Waals surface area contributed by atoms with E-state index in [1.54, 1.807) is 17.4 Å². The zero-order valence-electron chi connectivity index (χ0n) is 21.0. The van der Waals surface area contributed by atoms with Gasteiger partial charge in [0, 0.05) is 17.3 Å². The van der Waals surface area contributed by atoms with Crippen LogP contribution in [0.25, 0.3) is 6.08 Å². The van der Waals surface area contributed by atoms with E-state index in [0.29, 0.717) is 18.4 Å². The highest BCUT2D eigenvalue weighted by atomic mass is 32.1. The average Bonchev–Trinajstić information content (AvgIpc) is 3.21. The first-order valence-corrected chi connectivity index (χ1v) is 14.1. The Kier molecular flexibility index (Phi) is 8.96. The molecule has 1 atom stereocenters. The molecule has 0 aliphatic heterocycles. The van der Waals surface area contributed by atoms with Crippen LogP contribution in [0, 0.1) is 18.8 Å². The van der Waals surface area contributed by atoms with Gasteiger partial charge in [0.2, 0.25) is 0 Å². The number of anilines is 1. The van der Waals surface area contributed by atoms with Crippen molar-refractivity contribution in [2.45, 2.75) is 84.1 Å². The quantitative estimate of drug-likeness (QED) is 0.397. The van der Waals surface area contributed by atoms with Crippen LogP contribution in [0.3, 0.4) is 0 Å². The summed E-state index contributed by atoms with van der Waals surface area (Å²) < 4.78 is 0. The number of nitrogens with zero attached hydrogens (tertiary/aromatic N) is 2. The molecule has 2 aromatic rings. The highest BCUT2D eigenvalue weighted by Crippen LogP contribution is 2.34. The molecule has 1 saturated carbocycles. The Balaban J connectivity index is 1.19. The third-order valence-electron chi connectivity index (χ3n) is 7.78. The van der Waals surface area contributed by atoms with Crippen LogP contribution in [0.2, 0.25) is 0 Å². The number of fused-ring (bicyclic) bond motifs is 1. The van der Waals surface area contributed by atoms with Gasteiger partial charge in [-0.3, -0.25) is 4.79 Å². The summed E-state index contributed by atoms with van der Waals surface area (Å²) in [6.07, 6.45) is 15.3. The van der Waals surface area contributed by atoms with E-state index in [-0.39, 0.29) is 5.78 Å². The Labute approximate surface area is 209 Å². The number of hydrogen-bond acceptors (Lipinski definition) is 5. The number of aromatic nitrogens is 1. The van der Waals surface area contributed by atoms with Gasteiger partial charge < -0.3 is 10.6 Å². The van der Waals surface area contributed by atoms with Crippen LogP contribution >= 0.6 is 11.3 Å². The molecule has 5 heteroatoms. The molecule has 34 heavy (non-hydrogen) atoms. The van der Waals surface area contributed by atoms with E-state index in [9.17, 15) is 4.79 Å². The summed E-state index contributed by atoms with van der Waals surface area (Å²) in [7, 11) is 0. The van der Waals surface area contributed by atoms with E-state index in [2.05, 4.69) is 48.0 Å². The second-order valence-electron chi connectivity index (χ2n) is 10.4. The Morgan fingerprint density at radius 1 is 1.12 bits per heavy atom. The molecule has 0 unspecified atom stereocenters. The Bertz CT molecular complexity index is 956. The van der Waals surface area contributed by atoms with Gasteiger partial charge in [-0.05, 0) is 88.4 Å². The van der Waals surface area contributed by atoms with Gasteiger partial charge in [-0.15, -0.1) is 11.3 Å². The number of allylic oxidation sites excluding steroid dienone is 1. The fourth-order valence-electron chi connectivity index (χ4n) is 5.75. The highest BCUT2D eigenvalue weighted by Gasteiger charge is 2.28. The summed E-state index contributed by atoms with van der Waals surface area (Å²) in [5.41, 5.74) is 9.55. The van der Waals surface area contributed by atoms with Gasteiger partial charge in [0.05, 0.1) is 5.69 Å². The summed E-state index contributed by atoms with van der Waals surface area (Å²) in [6, 6.07) is 8.97. The fraction of sp³-hybridized carbons (Fsp3) is 0.586. The van der Waals surface area contributed by atoms with E-state index in [1.165, 1.54) is 74.2 Å². The van der Waals surface area contributed by atoms with Crippen LogP contribution < -0.4 is 5.73 Å². The third kappa shape index (κ3) is 7.02. The summed E-state index contributed by atoms with van der Waals surface area (Å²) in [5.74, 6) is 1.65. The number of hydrogen-bond donors (Lipinski definition) is 1. The predicted molar refractivity (Wildman–Crippen MR) is 144 cm³/mol. The molecular weight excluding hydrogens is 438 g/mol. The summed E-state index contributed by atoms with van der Waals surface area (Å²) in [5, 5.41) is 0.730. The van der Waals surface area contributed by atoms with E-state index in [1.807, 2.05) is 6.08 Å². The van der Waals surface area contributed by atoms with Crippen molar-refractivity contribution >= 4 is 28.3 Å². The Morgan fingerprint density at radius 3 is 2.59 bits per heavy atom. The van der Waals surface area contributed by atoms with Gasteiger partial charge in [0.15, 0.2) is 10.9 Å². The molecule has 4 rings (SSSR count). The van der Waals surface area contributed by atoms with Gasteiger partial charge in [-0.2, -0.15) is 0 Å². The molecule has 1 heterocycles. The van der Waals surface area contributed by atoms with Crippen molar-refractivity contribution in [3.05, 3.63) is 52.0 Å². The Morgan fingerprint density at radius 2 is 1.85 bits per heavy atom. The molecular formula is C29H41N3OS. The molecule has 0 bridgehead atoms. The van der Waals surface area contributed by atoms with Crippen molar-refractivity contribution in [2.24, 2.45) is 11.8 Å². The van der Waals surface area contributed by atoms with Crippen molar-refractivity contribution < 1.29 is 4.79 Å². The zero-order valence-corrected chi connectivity index (χ0v) is 21.8. The standard InChI is InChI=1S/C29H41N3OS/c1-3-17-32(25-13-15-27-28(20-25)34-29(30)31-27)18-16-23-8-10-24(11-9-23)19-26(33)14-12-22-6-4-21(2)5-7-22/h4-7,12,14,23-25H,3,8-11,13,15-20H2,1-2H3,(H2,30,31)/b14-12+/t23?,24?,25-/m0/s1. The average molecular weight is 480 g/mol. The maximum atomic E-state index is 12.5. The summed E-state index contributed by atoms with van der Waals surface area (Å²) in [4.78, 5) is 21.2. The van der Waals surface area contributed by atoms with E-state index < -0.39 is 0 Å². The molecule has 2 N–H and O–H groups in total. The van der Waals surface area contributed by atoms with Gasteiger partial charge in [0.25, 0.3) is 0 Å². The lowest BCUT2D eigenvalue weighted by atomic mass is 9.78. The number of rotatable bonds is 10. The molecule has 1 aromatic carbocycles. The molecule has 2 aliphatic rings. The number of benzene rings is 1. The van der Waals surface area contributed by atoms with Gasteiger partial charge in [0.1, 0.15) is 0 Å². The van der Waals surface area contributed by atoms with Crippen LogP contribution in [0.1, 0.15) is 80.0 Å². The van der Waals surface area contributed by atoms with Crippen LogP contribution in [0.15, 0.2) is 30.3 Å². The monoisotopic (exact) mass is 479 g/mol. The number of nitrogen functional groups attached to an aromatic ring is 1. The molecule has 0 amide bonds. The highest BCUT2D eigenvalue weighted by molar-refractivity contribution is 7.15. The number of thiazole rings is 1. The van der Waals surface area contributed by atoms with Crippen molar-refractivity contribution in [1.29, 1.82) is 0 Å². The largest absolute Gasteiger partial charge is 0.375 e. The maximum absolute atomic E-state index is 12.5. The minimum Gasteiger partial charge on any atom is -0.375 e. The minimum absolute atomic E-state index is 0.276. The van der Waals surface area contributed by atoms with Crippen LogP contribution in [-0.4, -0.2) is 34.8 Å². The minimum atomic E-state index is 0.276. The second-order valence-corrected chi connectivity index (χ2v) is 11.6. The first-order valence-electron chi connectivity index (χ1n) is 13.3. The van der Waals surface area contributed by atoms with Crippen LogP contribution in [0.5, 0.6) is 0 Å². The molecule has 184 valence electrons. The van der Waals surface area contributed by atoms with Crippen molar-refractivity contribution in [3.8, 4) is 0 Å². The van der Waals surface area contributed by atoms with E-state index in [0.717, 1.165) is 29.5 Å². The predicted octanol–water partition coefficient (Wildman–Crippen LogP) is 6.47. The third-order valence-corrected chi connectivity index (χ3v) is 8.73. The number of ketones is 1. The lowest BCUT2D eigenvalue weighted by Gasteiger charge is -2.36. The van der Waals surface area contributed by atoms with Gasteiger partial charge >= 0.3 is 0 Å². The molecule has 4 nitrogen and oxygen atoms in total. The number of nitrogens with two attached hydrogens (primary N) is 1. The maximum Gasteiger partial charge on any atom is 0.180 e. The normalized spacial score (nSPS) is 22.9. The molecule has 0 saturated heterocycles. The SMILES string of the molecule is CCCN(CCC1CCC(CC(=O)/C=C/c2ccc(C)cc2)CC1)[C@H]1CCc2nc(N)sc2C1. The fourth-order valence-corrected chi connectivity index (χ4v) is 6.69. The molecule has 2 aliphatic carbocycles. The van der Waals surface area contributed by atoms with E-state index >= 15 is 0 Å². The zero-order chi connectivity index (χ0) is 23.9. The first kappa shape index (κ1) is 25.1. The second kappa shape index (κ2) is 12.1. The lowest BCUT2D eigenvalue weighted by Crippen LogP contribution is -2.41. The first-order chi connectivity index (χ1) is 16.5. The summed E-state index contributed by atoms with van der Waals surface area (Å²) in [6.45, 7) is 6.77. The van der Waals surface area contributed by atoms with E-state index in [4.69, 9.17) is 5.73 Å². The lowest BCUT2D eigenvalue weighted by molar-refractivity contribution is -0.115.